The summed E-state index contributed by atoms with van der Waals surface area (Å²) >= 11 is 0. The molecule has 0 fully saturated rings. The van der Waals surface area contributed by atoms with Gasteiger partial charge in [0.2, 0.25) is 10.0 Å². The lowest BCUT2D eigenvalue weighted by atomic mass is 9.80. The Hall–Kier alpha value is -1.05. The summed E-state index contributed by atoms with van der Waals surface area (Å²) in [6.07, 6.45) is 1.87. The van der Waals surface area contributed by atoms with Crippen LogP contribution in [0.25, 0.3) is 0 Å². The van der Waals surface area contributed by atoms with Crippen LogP contribution >= 0.6 is 0 Å². The van der Waals surface area contributed by atoms with E-state index in [0.29, 0.717) is 25.3 Å². The second-order valence-corrected chi connectivity index (χ2v) is 6.85. The quantitative estimate of drug-likeness (QED) is 0.773. The Morgan fingerprint density at radius 1 is 1.19 bits per heavy atom. The van der Waals surface area contributed by atoms with Gasteiger partial charge in [0, 0.05) is 13.2 Å². The predicted molar refractivity (Wildman–Crippen MR) is 76.3 cm³/mol. The number of benzene rings is 1. The van der Waals surface area contributed by atoms with E-state index in [-0.39, 0.29) is 23.5 Å². The van der Waals surface area contributed by atoms with Crippen LogP contribution in [0, 0.1) is 17.0 Å². The Morgan fingerprint density at radius 3 is 2.29 bits per heavy atom. The van der Waals surface area contributed by atoms with Gasteiger partial charge in [-0.1, -0.05) is 13.8 Å². The van der Waals surface area contributed by atoms with Crippen molar-refractivity contribution in [3.63, 3.8) is 0 Å². The summed E-state index contributed by atoms with van der Waals surface area (Å²) in [4.78, 5) is -0.313. The molecule has 120 valence electrons. The molecule has 0 saturated heterocycles. The minimum Gasteiger partial charge on any atom is -0.396 e. The van der Waals surface area contributed by atoms with Crippen molar-refractivity contribution in [1.82, 2.24) is 4.72 Å². The largest absolute Gasteiger partial charge is 0.396 e. The number of nitrogens with one attached hydrogen (secondary N) is 1. The molecule has 1 rings (SSSR count). The fraction of sp³-hybridized carbons (Fsp3) is 0.571. The average molecular weight is 321 g/mol. The molecule has 0 unspecified atom stereocenters. The summed E-state index contributed by atoms with van der Waals surface area (Å²) in [6.45, 7) is 3.95. The van der Waals surface area contributed by atoms with E-state index >= 15 is 0 Å². The topological polar surface area (TPSA) is 66.4 Å². The number of hydrogen-bond acceptors (Lipinski definition) is 3. The van der Waals surface area contributed by atoms with Crippen molar-refractivity contribution in [1.29, 1.82) is 0 Å². The third-order valence-corrected chi connectivity index (χ3v) is 5.38. The Bertz CT molecular complexity index is 572. The van der Waals surface area contributed by atoms with Crippen LogP contribution in [0.1, 0.15) is 33.1 Å². The zero-order valence-corrected chi connectivity index (χ0v) is 13.0. The monoisotopic (exact) mass is 321 g/mol. The first-order valence-electron chi connectivity index (χ1n) is 6.86. The Morgan fingerprint density at radius 2 is 1.81 bits per heavy atom. The Labute approximate surface area is 124 Å². The van der Waals surface area contributed by atoms with E-state index in [2.05, 4.69) is 4.72 Å². The summed E-state index contributed by atoms with van der Waals surface area (Å²) in [7, 11) is -3.91. The highest BCUT2D eigenvalue weighted by atomic mass is 32.2. The molecule has 1 aromatic rings. The van der Waals surface area contributed by atoms with Crippen LogP contribution in [0.2, 0.25) is 0 Å². The van der Waals surface area contributed by atoms with Crippen molar-refractivity contribution in [2.24, 2.45) is 5.41 Å². The van der Waals surface area contributed by atoms with Crippen molar-refractivity contribution < 1.29 is 22.3 Å². The lowest BCUT2D eigenvalue weighted by molar-refractivity contribution is 0.170. The molecule has 0 heterocycles. The molecule has 0 aromatic heterocycles. The smallest absolute Gasteiger partial charge is 0.240 e. The third kappa shape index (κ3) is 4.46. The van der Waals surface area contributed by atoms with E-state index in [1.807, 2.05) is 13.8 Å². The Kier molecular flexibility index (Phi) is 6.24. The highest BCUT2D eigenvalue weighted by molar-refractivity contribution is 7.89. The second-order valence-electron chi connectivity index (χ2n) is 5.08. The van der Waals surface area contributed by atoms with Gasteiger partial charge in [0.25, 0.3) is 0 Å². The van der Waals surface area contributed by atoms with Crippen molar-refractivity contribution in [2.75, 3.05) is 13.2 Å². The minimum atomic E-state index is -3.91. The third-order valence-electron chi connectivity index (χ3n) is 3.98. The normalized spacial score (nSPS) is 12.6. The number of rotatable bonds is 8. The number of sulfonamides is 1. The molecule has 7 heteroatoms. The number of hydrogen-bond donors (Lipinski definition) is 2. The SMILES string of the molecule is CCC(CC)(CCO)CNS(=O)(=O)c1ccc(F)c(F)c1. The molecule has 0 aliphatic carbocycles. The molecule has 1 aromatic carbocycles. The van der Waals surface area contributed by atoms with E-state index < -0.39 is 21.7 Å². The van der Waals surface area contributed by atoms with Crippen LogP contribution in [-0.4, -0.2) is 26.7 Å². The molecule has 0 amide bonds. The lowest BCUT2D eigenvalue weighted by Gasteiger charge is -2.31. The summed E-state index contributed by atoms with van der Waals surface area (Å²) in [5.74, 6) is -2.30. The Balaban J connectivity index is 2.91. The maximum Gasteiger partial charge on any atom is 0.240 e. The fourth-order valence-corrected chi connectivity index (χ4v) is 3.32. The molecule has 21 heavy (non-hydrogen) atoms. The highest BCUT2D eigenvalue weighted by Gasteiger charge is 2.28. The van der Waals surface area contributed by atoms with Crippen molar-refractivity contribution >= 4 is 10.0 Å². The summed E-state index contributed by atoms with van der Waals surface area (Å²) < 4.78 is 52.6. The van der Waals surface area contributed by atoms with E-state index in [1.54, 1.807) is 0 Å². The van der Waals surface area contributed by atoms with Gasteiger partial charge in [-0.2, -0.15) is 0 Å². The van der Waals surface area contributed by atoms with Gasteiger partial charge in [-0.05, 0) is 42.9 Å². The van der Waals surface area contributed by atoms with E-state index in [1.165, 1.54) is 0 Å². The zero-order chi connectivity index (χ0) is 16.1. The summed E-state index contributed by atoms with van der Waals surface area (Å²) in [6, 6.07) is 2.46. The van der Waals surface area contributed by atoms with E-state index in [4.69, 9.17) is 5.11 Å². The van der Waals surface area contributed by atoms with E-state index in [0.717, 1.165) is 12.1 Å². The van der Waals surface area contributed by atoms with Crippen LogP contribution in [0.4, 0.5) is 8.78 Å². The zero-order valence-electron chi connectivity index (χ0n) is 12.2. The second kappa shape index (κ2) is 7.29. The maximum absolute atomic E-state index is 13.1. The van der Waals surface area contributed by atoms with Gasteiger partial charge >= 0.3 is 0 Å². The first-order valence-corrected chi connectivity index (χ1v) is 8.34. The maximum atomic E-state index is 13.1. The van der Waals surface area contributed by atoms with Gasteiger partial charge in [-0.25, -0.2) is 21.9 Å². The molecule has 0 spiro atoms. The fourth-order valence-electron chi connectivity index (χ4n) is 2.15. The standard InChI is InChI=1S/C14H21F2NO3S/c1-3-14(4-2,7-8-18)10-17-21(19,20)11-5-6-12(15)13(16)9-11/h5-6,9,17-18H,3-4,7-8,10H2,1-2H3. The van der Waals surface area contributed by atoms with Crippen molar-refractivity contribution in [3.8, 4) is 0 Å². The molecule has 0 radical (unpaired) electrons. The number of aliphatic hydroxyl groups excluding tert-OH is 1. The predicted octanol–water partition coefficient (Wildman–Crippen LogP) is 2.43. The molecular formula is C14H21F2NO3S. The van der Waals surface area contributed by atoms with Crippen molar-refractivity contribution in [2.45, 2.75) is 38.0 Å². The molecular weight excluding hydrogens is 300 g/mol. The number of halogens is 2. The summed E-state index contributed by atoms with van der Waals surface area (Å²) in [5, 5.41) is 9.11. The molecule has 0 atom stereocenters. The van der Waals surface area contributed by atoms with Gasteiger partial charge in [0.1, 0.15) is 0 Å². The van der Waals surface area contributed by atoms with Gasteiger partial charge < -0.3 is 5.11 Å². The molecule has 0 aliphatic rings. The molecule has 0 bridgehead atoms. The van der Waals surface area contributed by atoms with E-state index in [9.17, 15) is 17.2 Å². The van der Waals surface area contributed by atoms with Gasteiger partial charge in [0.15, 0.2) is 11.6 Å². The van der Waals surface area contributed by atoms with Crippen LogP contribution < -0.4 is 4.72 Å². The van der Waals surface area contributed by atoms with Crippen LogP contribution in [0.5, 0.6) is 0 Å². The van der Waals surface area contributed by atoms with Crippen LogP contribution in [0.3, 0.4) is 0 Å². The highest BCUT2D eigenvalue weighted by Crippen LogP contribution is 2.30. The number of aliphatic hydroxyl groups is 1. The van der Waals surface area contributed by atoms with Crippen LogP contribution in [-0.2, 0) is 10.0 Å². The van der Waals surface area contributed by atoms with Gasteiger partial charge in [-0.3, -0.25) is 0 Å². The first kappa shape index (κ1) is 18.0. The molecule has 0 aliphatic heterocycles. The van der Waals surface area contributed by atoms with Gasteiger partial charge in [-0.15, -0.1) is 0 Å². The van der Waals surface area contributed by atoms with Crippen LogP contribution in [0.15, 0.2) is 23.1 Å². The lowest BCUT2D eigenvalue weighted by Crippen LogP contribution is -2.37. The molecule has 4 nitrogen and oxygen atoms in total. The average Bonchev–Trinajstić information content (AvgIpc) is 2.46. The minimum absolute atomic E-state index is 0.0332. The summed E-state index contributed by atoms with van der Waals surface area (Å²) in [5.41, 5.74) is -0.347. The van der Waals surface area contributed by atoms with Gasteiger partial charge in [0.05, 0.1) is 4.90 Å². The van der Waals surface area contributed by atoms with Crippen molar-refractivity contribution in [3.05, 3.63) is 29.8 Å². The molecule has 0 saturated carbocycles. The first-order chi connectivity index (χ1) is 9.80. The molecule has 2 N–H and O–H groups in total.